The normalized spacial score (nSPS) is 18.3. The first kappa shape index (κ1) is 27.0. The minimum atomic E-state index is -0.946. The Morgan fingerprint density at radius 2 is 1.81 bits per heavy atom. The Balaban J connectivity index is 1.36. The number of carbonyl (C=O) groups is 1. The van der Waals surface area contributed by atoms with Crippen molar-refractivity contribution in [2.75, 3.05) is 32.8 Å². The highest BCUT2D eigenvalue weighted by Crippen LogP contribution is 2.41. The number of oxime groups is 1. The molecular weight excluding hydrogens is 478 g/mol. The number of likely N-dealkylation sites (tertiary alicyclic amines) is 2. The standard InChI is InChI=1S/C28H36F2N4O3/c1-5-36-32-25(21-7-8-22(29)23(30)16-21)24-9-6-20(17-31-24)18-33-13-10-28(19-33)11-14-34(15-12-28)26(35)37-27(2,3)4/h6-9,16-17H,5,10-15,18-19H2,1-4H3. The van der Waals surface area contributed by atoms with E-state index in [0.29, 0.717) is 23.6 Å². The molecule has 2 aliphatic heterocycles. The van der Waals surface area contributed by atoms with Gasteiger partial charge in [-0.3, -0.25) is 9.88 Å². The Morgan fingerprint density at radius 3 is 2.43 bits per heavy atom. The summed E-state index contributed by atoms with van der Waals surface area (Å²) < 4.78 is 32.8. The van der Waals surface area contributed by atoms with Gasteiger partial charge in [0.1, 0.15) is 17.9 Å². The molecule has 0 radical (unpaired) electrons. The molecule has 37 heavy (non-hydrogen) atoms. The van der Waals surface area contributed by atoms with Crippen molar-refractivity contribution < 1.29 is 23.1 Å². The molecule has 200 valence electrons. The molecule has 0 aliphatic carbocycles. The molecule has 1 spiro atoms. The smallest absolute Gasteiger partial charge is 0.410 e. The lowest BCUT2D eigenvalue weighted by atomic mass is 9.78. The predicted molar refractivity (Wildman–Crippen MR) is 137 cm³/mol. The molecule has 2 fully saturated rings. The number of ether oxygens (including phenoxy) is 1. The summed E-state index contributed by atoms with van der Waals surface area (Å²) in [5.74, 6) is -1.86. The number of pyridine rings is 1. The van der Waals surface area contributed by atoms with E-state index >= 15 is 0 Å². The Labute approximate surface area is 217 Å². The van der Waals surface area contributed by atoms with Crippen LogP contribution in [0.25, 0.3) is 0 Å². The van der Waals surface area contributed by atoms with Crippen LogP contribution >= 0.6 is 0 Å². The van der Waals surface area contributed by atoms with Gasteiger partial charge in [-0.05, 0) is 88.7 Å². The summed E-state index contributed by atoms with van der Waals surface area (Å²) in [7, 11) is 0. The third kappa shape index (κ3) is 6.83. The van der Waals surface area contributed by atoms with Gasteiger partial charge in [0.05, 0.1) is 5.69 Å². The van der Waals surface area contributed by atoms with Gasteiger partial charge in [0.15, 0.2) is 11.6 Å². The predicted octanol–water partition coefficient (Wildman–Crippen LogP) is 5.37. The highest BCUT2D eigenvalue weighted by atomic mass is 19.2. The van der Waals surface area contributed by atoms with Crippen LogP contribution in [0.2, 0.25) is 0 Å². The lowest BCUT2D eigenvalue weighted by Gasteiger charge is -2.39. The zero-order valence-corrected chi connectivity index (χ0v) is 22.1. The number of benzene rings is 1. The Hall–Kier alpha value is -3.07. The third-order valence-corrected chi connectivity index (χ3v) is 6.94. The molecule has 7 nitrogen and oxygen atoms in total. The number of nitrogens with zero attached hydrogens (tertiary/aromatic N) is 4. The molecule has 9 heteroatoms. The van der Waals surface area contributed by atoms with Crippen LogP contribution in [0, 0.1) is 17.0 Å². The first-order valence-corrected chi connectivity index (χ1v) is 12.9. The number of rotatable bonds is 6. The van der Waals surface area contributed by atoms with Crippen LogP contribution in [0.3, 0.4) is 0 Å². The van der Waals surface area contributed by atoms with Crippen LogP contribution < -0.4 is 0 Å². The lowest BCUT2D eigenvalue weighted by molar-refractivity contribution is 0.0109. The van der Waals surface area contributed by atoms with Gasteiger partial charge in [0.2, 0.25) is 0 Å². The van der Waals surface area contributed by atoms with Gasteiger partial charge in [-0.25, -0.2) is 13.6 Å². The molecule has 0 N–H and O–H groups in total. The van der Waals surface area contributed by atoms with Crippen molar-refractivity contribution in [3.05, 3.63) is 65.0 Å². The zero-order chi connectivity index (χ0) is 26.6. The molecule has 2 aromatic rings. The molecule has 1 amide bonds. The van der Waals surface area contributed by atoms with Gasteiger partial charge < -0.3 is 14.5 Å². The number of hydrogen-bond donors (Lipinski definition) is 0. The van der Waals surface area contributed by atoms with Crippen molar-refractivity contribution in [1.82, 2.24) is 14.8 Å². The first-order chi connectivity index (χ1) is 17.6. The second kappa shape index (κ2) is 11.1. The minimum Gasteiger partial charge on any atom is -0.444 e. The fraction of sp³-hybridized carbons (Fsp3) is 0.536. The summed E-state index contributed by atoms with van der Waals surface area (Å²) in [6.07, 6.45) is 4.64. The maximum Gasteiger partial charge on any atom is 0.410 e. The topological polar surface area (TPSA) is 67.3 Å². The average molecular weight is 515 g/mol. The quantitative estimate of drug-likeness (QED) is 0.383. The fourth-order valence-electron chi connectivity index (χ4n) is 5.00. The van der Waals surface area contributed by atoms with Gasteiger partial charge in [0, 0.05) is 37.9 Å². The van der Waals surface area contributed by atoms with Gasteiger partial charge in [0.25, 0.3) is 0 Å². The number of aromatic nitrogens is 1. The maximum atomic E-state index is 13.8. The molecule has 0 unspecified atom stereocenters. The minimum absolute atomic E-state index is 0.223. The molecule has 2 aliphatic rings. The molecular formula is C28H36F2N4O3. The van der Waals surface area contributed by atoms with E-state index in [4.69, 9.17) is 9.57 Å². The SMILES string of the molecule is CCON=C(c1ccc(F)c(F)c1)c1ccc(CN2CCC3(CCN(C(=O)OC(C)(C)C)CC3)C2)cn1. The van der Waals surface area contributed by atoms with Gasteiger partial charge in [-0.2, -0.15) is 0 Å². The second-order valence-corrected chi connectivity index (χ2v) is 11.0. The summed E-state index contributed by atoms with van der Waals surface area (Å²) in [5, 5.41) is 4.10. The van der Waals surface area contributed by atoms with Crippen molar-refractivity contribution >= 4 is 11.8 Å². The van der Waals surface area contributed by atoms with Crippen LogP contribution in [0.15, 0.2) is 41.7 Å². The number of piperidine rings is 1. The number of carbonyl (C=O) groups excluding carboxylic acids is 1. The molecule has 0 atom stereocenters. The molecule has 3 heterocycles. The summed E-state index contributed by atoms with van der Waals surface area (Å²) in [6.45, 7) is 12.0. The van der Waals surface area contributed by atoms with Crippen molar-refractivity contribution in [1.29, 1.82) is 0 Å². The molecule has 0 saturated carbocycles. The van der Waals surface area contributed by atoms with Crippen LogP contribution in [0.4, 0.5) is 13.6 Å². The van der Waals surface area contributed by atoms with Crippen molar-refractivity contribution in [3.63, 3.8) is 0 Å². The summed E-state index contributed by atoms with van der Waals surface area (Å²) in [4.78, 5) is 26.4. The van der Waals surface area contributed by atoms with Crippen molar-refractivity contribution in [3.8, 4) is 0 Å². The van der Waals surface area contributed by atoms with Crippen LogP contribution in [0.5, 0.6) is 0 Å². The second-order valence-electron chi connectivity index (χ2n) is 11.0. The molecule has 2 saturated heterocycles. The van der Waals surface area contributed by atoms with Crippen LogP contribution in [-0.2, 0) is 16.1 Å². The Bertz CT molecular complexity index is 1120. The zero-order valence-electron chi connectivity index (χ0n) is 22.1. The third-order valence-electron chi connectivity index (χ3n) is 6.94. The van der Waals surface area contributed by atoms with Crippen molar-refractivity contribution in [2.24, 2.45) is 10.6 Å². The van der Waals surface area contributed by atoms with E-state index in [1.165, 1.54) is 6.07 Å². The molecule has 0 bridgehead atoms. The summed E-state index contributed by atoms with van der Waals surface area (Å²) in [5.41, 5.74) is 2.08. The summed E-state index contributed by atoms with van der Waals surface area (Å²) >= 11 is 0. The van der Waals surface area contributed by atoms with E-state index in [0.717, 1.165) is 69.7 Å². The van der Waals surface area contributed by atoms with Gasteiger partial charge in [-0.15, -0.1) is 0 Å². The van der Waals surface area contributed by atoms with Crippen LogP contribution in [-0.4, -0.2) is 65.0 Å². The molecule has 1 aromatic carbocycles. The van der Waals surface area contributed by atoms with E-state index in [-0.39, 0.29) is 11.5 Å². The van der Waals surface area contributed by atoms with E-state index in [1.54, 1.807) is 13.1 Å². The lowest BCUT2D eigenvalue weighted by Crippen LogP contribution is -2.46. The van der Waals surface area contributed by atoms with E-state index in [1.807, 2.05) is 37.8 Å². The Morgan fingerprint density at radius 1 is 1.08 bits per heavy atom. The van der Waals surface area contributed by atoms with Crippen molar-refractivity contribution in [2.45, 2.75) is 59.1 Å². The molecule has 4 rings (SSSR count). The summed E-state index contributed by atoms with van der Waals surface area (Å²) in [6, 6.07) is 7.45. The van der Waals surface area contributed by atoms with Crippen LogP contribution in [0.1, 0.15) is 63.8 Å². The Kier molecular flexibility index (Phi) is 8.11. The fourth-order valence-corrected chi connectivity index (χ4v) is 5.00. The van der Waals surface area contributed by atoms with E-state index < -0.39 is 17.2 Å². The first-order valence-electron chi connectivity index (χ1n) is 12.9. The number of hydrogen-bond acceptors (Lipinski definition) is 6. The van der Waals surface area contributed by atoms with E-state index in [2.05, 4.69) is 15.0 Å². The van der Waals surface area contributed by atoms with Gasteiger partial charge >= 0.3 is 6.09 Å². The van der Waals surface area contributed by atoms with E-state index in [9.17, 15) is 13.6 Å². The molecule has 1 aromatic heterocycles. The highest BCUT2D eigenvalue weighted by molar-refractivity contribution is 6.11. The largest absolute Gasteiger partial charge is 0.444 e. The van der Waals surface area contributed by atoms with Gasteiger partial charge in [-0.1, -0.05) is 11.2 Å². The maximum absolute atomic E-state index is 13.8. The highest BCUT2D eigenvalue weighted by Gasteiger charge is 2.41. The number of amides is 1. The average Bonchev–Trinajstić information content (AvgIpc) is 3.23. The number of halogens is 2. The monoisotopic (exact) mass is 514 g/mol.